The lowest BCUT2D eigenvalue weighted by Gasteiger charge is -2.41. The number of halogens is 3. The maximum atomic E-state index is 6.25. The van der Waals surface area contributed by atoms with E-state index in [-0.39, 0.29) is 18.5 Å². The van der Waals surface area contributed by atoms with Crippen molar-refractivity contribution in [1.29, 1.82) is 0 Å². The van der Waals surface area contributed by atoms with Gasteiger partial charge in [-0.25, -0.2) is 0 Å². The number of hydrogen-bond acceptors (Lipinski definition) is 3. The molecule has 1 aliphatic carbocycles. The molecule has 0 bridgehead atoms. The lowest BCUT2D eigenvalue weighted by molar-refractivity contribution is -0.0709. The largest absolute Gasteiger partial charge is 0.379 e. The molecule has 0 aromatic heterocycles. The Kier molecular flexibility index (Phi) is 7.93. The molecule has 1 aromatic carbocycles. The second-order valence-electron chi connectivity index (χ2n) is 6.05. The molecule has 0 N–H and O–H groups in total. The fraction of sp³-hybridized carbons (Fsp3) is 0.647. The second kappa shape index (κ2) is 9.45. The Hall–Kier alpha value is -0.0300. The lowest BCUT2D eigenvalue weighted by Crippen LogP contribution is -2.51. The third-order valence-electron chi connectivity index (χ3n) is 4.69. The van der Waals surface area contributed by atoms with Crippen LogP contribution in [0.4, 0.5) is 0 Å². The number of morpholine rings is 1. The Bertz CT molecular complexity index is 474. The first-order valence-corrected chi connectivity index (χ1v) is 8.87. The number of rotatable bonds is 4. The first-order valence-electron chi connectivity index (χ1n) is 8.12. The summed E-state index contributed by atoms with van der Waals surface area (Å²) in [6, 6.07) is 6.10. The molecular weight excluding hydrogens is 357 g/mol. The Morgan fingerprint density at radius 2 is 1.74 bits per heavy atom. The smallest absolute Gasteiger partial charge is 0.0750 e. The van der Waals surface area contributed by atoms with Gasteiger partial charge in [-0.3, -0.25) is 4.90 Å². The highest BCUT2D eigenvalue weighted by Gasteiger charge is 2.31. The molecule has 6 heteroatoms. The van der Waals surface area contributed by atoms with Gasteiger partial charge in [-0.2, -0.15) is 0 Å². The highest BCUT2D eigenvalue weighted by atomic mass is 35.5. The van der Waals surface area contributed by atoms with Crippen molar-refractivity contribution in [2.24, 2.45) is 0 Å². The van der Waals surface area contributed by atoms with Crippen LogP contribution < -0.4 is 0 Å². The third kappa shape index (κ3) is 4.97. The number of ether oxygens (including phenoxy) is 2. The minimum atomic E-state index is 0. The van der Waals surface area contributed by atoms with Crippen molar-refractivity contribution in [1.82, 2.24) is 4.90 Å². The van der Waals surface area contributed by atoms with Gasteiger partial charge in [0, 0.05) is 34.7 Å². The Morgan fingerprint density at radius 1 is 1.09 bits per heavy atom. The molecule has 0 unspecified atom stereocenters. The van der Waals surface area contributed by atoms with E-state index in [4.69, 9.17) is 32.7 Å². The average Bonchev–Trinajstić information content (AvgIpc) is 2.56. The van der Waals surface area contributed by atoms with Crippen LogP contribution in [0.1, 0.15) is 31.2 Å². The Labute approximate surface area is 154 Å². The summed E-state index contributed by atoms with van der Waals surface area (Å²) >= 11 is 12.5. The summed E-state index contributed by atoms with van der Waals surface area (Å²) < 4.78 is 11.7. The summed E-state index contributed by atoms with van der Waals surface area (Å²) in [5, 5.41) is 1.37. The van der Waals surface area contributed by atoms with Crippen molar-refractivity contribution in [2.45, 2.75) is 44.4 Å². The first kappa shape index (κ1) is 19.3. The van der Waals surface area contributed by atoms with Crippen molar-refractivity contribution in [3.8, 4) is 0 Å². The molecule has 1 aliphatic heterocycles. The molecule has 3 rings (SSSR count). The number of nitrogens with zero attached hydrogens (tertiary/aromatic N) is 1. The van der Waals surface area contributed by atoms with E-state index in [9.17, 15) is 0 Å². The SMILES string of the molecule is Cl.Clc1cccc(Cl)c1CO[C@@H]1CCCC[C@H]1N1CCOCC1. The first-order chi connectivity index (χ1) is 10.8. The van der Waals surface area contributed by atoms with Gasteiger partial charge in [-0.1, -0.05) is 42.1 Å². The summed E-state index contributed by atoms with van der Waals surface area (Å²) in [5.41, 5.74) is 0.900. The van der Waals surface area contributed by atoms with E-state index in [0.29, 0.717) is 22.7 Å². The molecule has 130 valence electrons. The Morgan fingerprint density at radius 3 is 2.43 bits per heavy atom. The van der Waals surface area contributed by atoms with Gasteiger partial charge < -0.3 is 9.47 Å². The molecule has 0 radical (unpaired) electrons. The van der Waals surface area contributed by atoms with E-state index in [0.717, 1.165) is 38.3 Å². The van der Waals surface area contributed by atoms with Gasteiger partial charge in [0.05, 0.1) is 25.9 Å². The van der Waals surface area contributed by atoms with Crippen LogP contribution in [-0.4, -0.2) is 43.3 Å². The summed E-state index contributed by atoms with van der Waals surface area (Å²) in [7, 11) is 0. The third-order valence-corrected chi connectivity index (χ3v) is 5.39. The zero-order valence-electron chi connectivity index (χ0n) is 13.2. The Balaban J connectivity index is 0.00000192. The molecule has 2 aliphatic rings. The molecule has 1 saturated heterocycles. The van der Waals surface area contributed by atoms with E-state index in [2.05, 4.69) is 4.90 Å². The second-order valence-corrected chi connectivity index (χ2v) is 6.86. The highest BCUT2D eigenvalue weighted by molar-refractivity contribution is 6.35. The molecule has 1 saturated carbocycles. The maximum Gasteiger partial charge on any atom is 0.0750 e. The molecule has 0 amide bonds. The van der Waals surface area contributed by atoms with E-state index in [1.165, 1.54) is 19.3 Å². The van der Waals surface area contributed by atoms with Gasteiger partial charge in [0.1, 0.15) is 0 Å². The highest BCUT2D eigenvalue weighted by Crippen LogP contribution is 2.30. The topological polar surface area (TPSA) is 21.7 Å². The molecule has 23 heavy (non-hydrogen) atoms. The van der Waals surface area contributed by atoms with Crippen molar-refractivity contribution in [3.63, 3.8) is 0 Å². The predicted molar refractivity (Wildman–Crippen MR) is 96.9 cm³/mol. The molecular formula is C17H24Cl3NO2. The maximum absolute atomic E-state index is 6.25. The predicted octanol–water partition coefficient (Wildman–Crippen LogP) is 4.58. The molecule has 0 spiro atoms. The van der Waals surface area contributed by atoms with Crippen LogP contribution in [0.15, 0.2) is 18.2 Å². The van der Waals surface area contributed by atoms with Crippen LogP contribution in [0, 0.1) is 0 Å². The standard InChI is InChI=1S/C17H23Cl2NO2.ClH/c18-14-4-3-5-15(19)13(14)12-22-17-7-2-1-6-16(17)20-8-10-21-11-9-20;/h3-5,16-17H,1-2,6-12H2;1H/t16-,17-;/m1./s1. The minimum absolute atomic E-state index is 0. The molecule has 1 heterocycles. The molecule has 3 nitrogen and oxygen atoms in total. The van der Waals surface area contributed by atoms with E-state index < -0.39 is 0 Å². The molecule has 2 atom stereocenters. The van der Waals surface area contributed by atoms with Gasteiger partial charge in [-0.05, 0) is 25.0 Å². The summed E-state index contributed by atoms with van der Waals surface area (Å²) in [6.07, 6.45) is 5.11. The van der Waals surface area contributed by atoms with E-state index in [1.54, 1.807) is 0 Å². The van der Waals surface area contributed by atoms with Crippen molar-refractivity contribution >= 4 is 35.6 Å². The molecule has 1 aromatic rings. The van der Waals surface area contributed by atoms with Crippen LogP contribution in [-0.2, 0) is 16.1 Å². The van der Waals surface area contributed by atoms with Gasteiger partial charge in [0.25, 0.3) is 0 Å². The lowest BCUT2D eigenvalue weighted by atomic mass is 9.91. The minimum Gasteiger partial charge on any atom is -0.379 e. The van der Waals surface area contributed by atoms with Gasteiger partial charge >= 0.3 is 0 Å². The summed E-state index contributed by atoms with van der Waals surface area (Å²) in [6.45, 7) is 4.18. The monoisotopic (exact) mass is 379 g/mol. The van der Waals surface area contributed by atoms with E-state index in [1.807, 2.05) is 18.2 Å². The summed E-state index contributed by atoms with van der Waals surface area (Å²) in [4.78, 5) is 2.53. The van der Waals surface area contributed by atoms with Crippen LogP contribution in [0.3, 0.4) is 0 Å². The zero-order valence-corrected chi connectivity index (χ0v) is 15.5. The van der Waals surface area contributed by atoms with Crippen LogP contribution in [0.2, 0.25) is 10.0 Å². The van der Waals surface area contributed by atoms with Gasteiger partial charge in [0.2, 0.25) is 0 Å². The van der Waals surface area contributed by atoms with Crippen molar-refractivity contribution in [2.75, 3.05) is 26.3 Å². The number of benzene rings is 1. The normalized spacial score (nSPS) is 25.8. The van der Waals surface area contributed by atoms with Crippen LogP contribution >= 0.6 is 35.6 Å². The average molecular weight is 381 g/mol. The fourth-order valence-electron chi connectivity index (χ4n) is 3.46. The van der Waals surface area contributed by atoms with Crippen molar-refractivity contribution in [3.05, 3.63) is 33.8 Å². The van der Waals surface area contributed by atoms with Crippen molar-refractivity contribution < 1.29 is 9.47 Å². The van der Waals surface area contributed by atoms with E-state index >= 15 is 0 Å². The summed E-state index contributed by atoms with van der Waals surface area (Å²) in [5.74, 6) is 0. The zero-order chi connectivity index (χ0) is 15.4. The fourth-order valence-corrected chi connectivity index (χ4v) is 3.97. The van der Waals surface area contributed by atoms with Crippen LogP contribution in [0.25, 0.3) is 0 Å². The van der Waals surface area contributed by atoms with Crippen LogP contribution in [0.5, 0.6) is 0 Å². The quantitative estimate of drug-likeness (QED) is 0.763. The van der Waals surface area contributed by atoms with Gasteiger partial charge in [0.15, 0.2) is 0 Å². The number of hydrogen-bond donors (Lipinski definition) is 0. The molecule has 2 fully saturated rings. The van der Waals surface area contributed by atoms with Gasteiger partial charge in [-0.15, -0.1) is 12.4 Å².